The average Bonchev–Trinajstić information content (AvgIpc) is 2.75. The van der Waals surface area contributed by atoms with Crippen molar-refractivity contribution >= 4 is 11.8 Å². The van der Waals surface area contributed by atoms with Crippen LogP contribution in [0.2, 0.25) is 0 Å². The van der Waals surface area contributed by atoms with Crippen LogP contribution in [0.25, 0.3) is 0 Å². The minimum Gasteiger partial charge on any atom is -0.505 e. The van der Waals surface area contributed by atoms with Gasteiger partial charge < -0.3 is 24.8 Å². The van der Waals surface area contributed by atoms with Crippen molar-refractivity contribution < 1.29 is 34.4 Å². The molecular weight excluding hydrogens is 304 g/mol. The number of carbonyl (C=O) groups is 2. The quantitative estimate of drug-likeness (QED) is 0.668. The molecule has 0 saturated carbocycles. The first kappa shape index (κ1) is 17.5. The number of ketones is 1. The van der Waals surface area contributed by atoms with E-state index in [-0.39, 0.29) is 17.8 Å². The summed E-state index contributed by atoms with van der Waals surface area (Å²) in [5.74, 6) is -2.89. The van der Waals surface area contributed by atoms with Crippen LogP contribution in [0.5, 0.6) is 0 Å². The molecule has 0 aromatic carbocycles. The molecule has 0 bridgehead atoms. The lowest BCUT2D eigenvalue weighted by Crippen LogP contribution is -2.41. The summed E-state index contributed by atoms with van der Waals surface area (Å²) in [7, 11) is 0. The van der Waals surface area contributed by atoms with Crippen molar-refractivity contribution in [3.05, 3.63) is 22.7 Å². The SMILES string of the molecule is CC1=C(C)C(C)(C)CC(OCC(O)C2OC(=O)C(O)=C2O)C1=O. The van der Waals surface area contributed by atoms with Crippen molar-refractivity contribution in [2.75, 3.05) is 6.61 Å². The Labute approximate surface area is 134 Å². The third-order valence-electron chi connectivity index (χ3n) is 4.69. The highest BCUT2D eigenvalue weighted by Gasteiger charge is 2.41. The fourth-order valence-electron chi connectivity index (χ4n) is 2.81. The minimum atomic E-state index is -1.38. The van der Waals surface area contributed by atoms with Crippen LogP contribution in [0.15, 0.2) is 22.7 Å². The smallest absolute Gasteiger partial charge is 0.377 e. The van der Waals surface area contributed by atoms with Gasteiger partial charge in [0, 0.05) is 0 Å². The number of esters is 1. The summed E-state index contributed by atoms with van der Waals surface area (Å²) >= 11 is 0. The zero-order valence-electron chi connectivity index (χ0n) is 13.6. The number of allylic oxidation sites excluding steroid dienone is 1. The van der Waals surface area contributed by atoms with E-state index in [9.17, 15) is 24.9 Å². The Morgan fingerprint density at radius 1 is 1.30 bits per heavy atom. The molecule has 0 saturated heterocycles. The Balaban J connectivity index is 2.02. The number of rotatable bonds is 4. The average molecular weight is 326 g/mol. The molecule has 3 N–H and O–H groups in total. The van der Waals surface area contributed by atoms with Crippen LogP contribution in [-0.2, 0) is 19.1 Å². The van der Waals surface area contributed by atoms with Gasteiger partial charge in [-0.2, -0.15) is 0 Å². The predicted molar refractivity (Wildman–Crippen MR) is 79.7 cm³/mol. The molecule has 1 aliphatic heterocycles. The first-order chi connectivity index (χ1) is 10.6. The number of hydrogen-bond donors (Lipinski definition) is 3. The standard InChI is InChI=1S/C16H22O7/c1-7-8(2)16(3,4)5-10(11(7)18)22-6-9(17)14-12(19)13(20)15(21)23-14/h9-10,14,17,19-20H,5-6H2,1-4H3. The minimum absolute atomic E-state index is 0.139. The van der Waals surface area contributed by atoms with E-state index in [1.807, 2.05) is 20.8 Å². The number of aliphatic hydroxyl groups is 3. The van der Waals surface area contributed by atoms with Gasteiger partial charge in [-0.15, -0.1) is 0 Å². The second-order valence-corrected chi connectivity index (χ2v) is 6.65. The van der Waals surface area contributed by atoms with Crippen LogP contribution in [0.4, 0.5) is 0 Å². The largest absolute Gasteiger partial charge is 0.505 e. The molecule has 23 heavy (non-hydrogen) atoms. The van der Waals surface area contributed by atoms with Gasteiger partial charge in [-0.05, 0) is 31.3 Å². The molecule has 0 spiro atoms. The molecule has 2 aliphatic rings. The van der Waals surface area contributed by atoms with Gasteiger partial charge in [-0.3, -0.25) is 4.79 Å². The van der Waals surface area contributed by atoms with Gasteiger partial charge in [0.2, 0.25) is 5.76 Å². The number of hydrogen-bond acceptors (Lipinski definition) is 7. The van der Waals surface area contributed by atoms with Crippen molar-refractivity contribution in [3.8, 4) is 0 Å². The predicted octanol–water partition coefficient (Wildman–Crippen LogP) is 1.32. The molecule has 1 heterocycles. The zero-order chi connectivity index (χ0) is 17.5. The highest BCUT2D eigenvalue weighted by Crippen LogP contribution is 2.39. The fourth-order valence-corrected chi connectivity index (χ4v) is 2.81. The summed E-state index contributed by atoms with van der Waals surface area (Å²) < 4.78 is 10.2. The normalized spacial score (nSPS) is 29.1. The maximum atomic E-state index is 12.3. The molecule has 2 rings (SSSR count). The van der Waals surface area contributed by atoms with Gasteiger partial charge in [-0.1, -0.05) is 19.4 Å². The van der Waals surface area contributed by atoms with Gasteiger partial charge in [0.05, 0.1) is 6.61 Å². The molecule has 7 nitrogen and oxygen atoms in total. The van der Waals surface area contributed by atoms with E-state index < -0.39 is 35.8 Å². The van der Waals surface area contributed by atoms with Crippen LogP contribution >= 0.6 is 0 Å². The second kappa shape index (κ2) is 5.98. The number of Topliss-reactive ketones (excluding diaryl/α,β-unsaturated/α-hetero) is 1. The number of aliphatic hydroxyl groups excluding tert-OH is 3. The molecule has 3 unspecified atom stereocenters. The van der Waals surface area contributed by atoms with Crippen molar-refractivity contribution in [2.24, 2.45) is 5.41 Å². The Bertz CT molecular complexity index is 600. The summed E-state index contributed by atoms with van der Waals surface area (Å²) in [5, 5.41) is 28.7. The summed E-state index contributed by atoms with van der Waals surface area (Å²) in [5.41, 5.74) is 1.46. The van der Waals surface area contributed by atoms with E-state index in [0.717, 1.165) is 5.57 Å². The van der Waals surface area contributed by atoms with Gasteiger partial charge >= 0.3 is 5.97 Å². The Morgan fingerprint density at radius 3 is 2.43 bits per heavy atom. The van der Waals surface area contributed by atoms with Crippen LogP contribution in [0, 0.1) is 5.41 Å². The van der Waals surface area contributed by atoms with E-state index in [2.05, 4.69) is 4.74 Å². The molecule has 3 atom stereocenters. The van der Waals surface area contributed by atoms with Crippen molar-refractivity contribution in [3.63, 3.8) is 0 Å². The molecular formula is C16H22O7. The van der Waals surface area contributed by atoms with Crippen molar-refractivity contribution in [2.45, 2.75) is 52.4 Å². The summed E-state index contributed by atoms with van der Waals surface area (Å²) in [6, 6.07) is 0. The first-order valence-corrected chi connectivity index (χ1v) is 7.41. The molecule has 0 radical (unpaired) electrons. The highest BCUT2D eigenvalue weighted by atomic mass is 16.6. The molecule has 7 heteroatoms. The van der Waals surface area contributed by atoms with E-state index in [0.29, 0.717) is 12.0 Å². The molecule has 0 fully saturated rings. The van der Waals surface area contributed by atoms with E-state index in [1.165, 1.54) is 0 Å². The summed E-state index contributed by atoms with van der Waals surface area (Å²) in [6.45, 7) is 7.37. The maximum Gasteiger partial charge on any atom is 0.377 e. The topological polar surface area (TPSA) is 113 Å². The molecule has 0 aromatic rings. The van der Waals surface area contributed by atoms with Gasteiger partial charge in [0.1, 0.15) is 12.2 Å². The Hall–Kier alpha value is -1.86. The highest BCUT2D eigenvalue weighted by molar-refractivity contribution is 6.00. The summed E-state index contributed by atoms with van der Waals surface area (Å²) in [4.78, 5) is 23.4. The second-order valence-electron chi connectivity index (χ2n) is 6.65. The zero-order valence-corrected chi connectivity index (χ0v) is 13.6. The van der Waals surface area contributed by atoms with Crippen LogP contribution < -0.4 is 0 Å². The van der Waals surface area contributed by atoms with Crippen LogP contribution in [0.1, 0.15) is 34.1 Å². The van der Waals surface area contributed by atoms with Gasteiger partial charge in [-0.25, -0.2) is 4.79 Å². The van der Waals surface area contributed by atoms with Crippen molar-refractivity contribution in [1.29, 1.82) is 0 Å². The molecule has 1 aliphatic carbocycles. The first-order valence-electron chi connectivity index (χ1n) is 7.41. The molecule has 0 amide bonds. The third kappa shape index (κ3) is 3.11. The van der Waals surface area contributed by atoms with Gasteiger partial charge in [0.15, 0.2) is 17.6 Å². The molecule has 128 valence electrons. The lowest BCUT2D eigenvalue weighted by atomic mass is 9.72. The van der Waals surface area contributed by atoms with Gasteiger partial charge in [0.25, 0.3) is 0 Å². The Morgan fingerprint density at radius 2 is 1.91 bits per heavy atom. The fraction of sp³-hybridized carbons (Fsp3) is 0.625. The van der Waals surface area contributed by atoms with E-state index in [1.54, 1.807) is 6.92 Å². The monoisotopic (exact) mass is 326 g/mol. The van der Waals surface area contributed by atoms with E-state index in [4.69, 9.17) is 4.74 Å². The van der Waals surface area contributed by atoms with Crippen molar-refractivity contribution in [1.82, 2.24) is 0 Å². The maximum absolute atomic E-state index is 12.3. The lowest BCUT2D eigenvalue weighted by molar-refractivity contribution is -0.151. The third-order valence-corrected chi connectivity index (χ3v) is 4.69. The number of carbonyl (C=O) groups excluding carboxylic acids is 2. The Kier molecular flexibility index (Phi) is 4.54. The van der Waals surface area contributed by atoms with E-state index >= 15 is 0 Å². The number of ether oxygens (including phenoxy) is 2. The van der Waals surface area contributed by atoms with Crippen LogP contribution in [0.3, 0.4) is 0 Å². The van der Waals surface area contributed by atoms with Crippen LogP contribution in [-0.4, -0.2) is 52.0 Å². The molecule has 0 aromatic heterocycles. The lowest BCUT2D eigenvalue weighted by Gasteiger charge is -2.36. The summed E-state index contributed by atoms with van der Waals surface area (Å²) in [6.07, 6.45) is -3.00. The number of cyclic esters (lactones) is 1.